The fourth-order valence-electron chi connectivity index (χ4n) is 10.1. The third-order valence-corrected chi connectivity index (χ3v) is 12.7. The van der Waals surface area contributed by atoms with Crippen LogP contribution in [0.2, 0.25) is 0 Å². The van der Waals surface area contributed by atoms with Gasteiger partial charge < -0.3 is 9.47 Å². The van der Waals surface area contributed by atoms with Crippen molar-refractivity contribution >= 4 is 38.9 Å². The van der Waals surface area contributed by atoms with Crippen LogP contribution < -0.4 is 4.90 Å². The lowest BCUT2D eigenvalue weighted by Crippen LogP contribution is -2.18. The van der Waals surface area contributed by atoms with Crippen molar-refractivity contribution in [3.8, 4) is 39.1 Å². The Hall–Kier alpha value is -6.64. The van der Waals surface area contributed by atoms with Gasteiger partial charge in [-0.05, 0) is 110 Å². The second-order valence-corrected chi connectivity index (χ2v) is 16.6. The molecule has 8 aromatic carbocycles. The fourth-order valence-corrected chi connectivity index (χ4v) is 10.1. The minimum atomic E-state index is -0.153. The summed E-state index contributed by atoms with van der Waals surface area (Å²) >= 11 is 0. The monoisotopic (exact) mass is 718 g/mol. The molecule has 0 radical (unpaired) electrons. The molecule has 0 saturated carbocycles. The molecule has 11 rings (SSSR count). The Labute approximate surface area is 328 Å². The highest BCUT2D eigenvalue weighted by molar-refractivity contribution is 6.10. The van der Waals surface area contributed by atoms with Crippen molar-refractivity contribution in [3.05, 3.63) is 204 Å². The van der Waals surface area contributed by atoms with E-state index in [1.807, 2.05) is 0 Å². The molecule has 56 heavy (non-hydrogen) atoms. The predicted molar refractivity (Wildman–Crippen MR) is 236 cm³/mol. The summed E-state index contributed by atoms with van der Waals surface area (Å²) in [6, 6.07) is 67.6. The van der Waals surface area contributed by atoms with Gasteiger partial charge in [-0.2, -0.15) is 0 Å². The highest BCUT2D eigenvalue weighted by Crippen LogP contribution is 2.56. The lowest BCUT2D eigenvalue weighted by molar-refractivity contribution is 0.660. The normalized spacial score (nSPS) is 14.4. The average molecular weight is 719 g/mol. The van der Waals surface area contributed by atoms with E-state index in [4.69, 9.17) is 0 Å². The molecule has 0 aliphatic heterocycles. The molecule has 2 aliphatic carbocycles. The van der Waals surface area contributed by atoms with Crippen molar-refractivity contribution in [2.45, 2.75) is 38.5 Å². The van der Waals surface area contributed by atoms with Crippen molar-refractivity contribution in [2.75, 3.05) is 4.90 Å². The second-order valence-electron chi connectivity index (χ2n) is 16.6. The van der Waals surface area contributed by atoms with Gasteiger partial charge in [0.05, 0.1) is 11.0 Å². The molecule has 0 N–H and O–H groups in total. The lowest BCUT2D eigenvalue weighted by Gasteiger charge is -2.30. The Morgan fingerprint density at radius 2 is 0.929 bits per heavy atom. The third-order valence-electron chi connectivity index (χ3n) is 12.7. The van der Waals surface area contributed by atoms with Crippen molar-refractivity contribution in [1.82, 2.24) is 4.57 Å². The van der Waals surface area contributed by atoms with Crippen LogP contribution in [0.15, 0.2) is 182 Å². The first-order valence-electron chi connectivity index (χ1n) is 19.8. The van der Waals surface area contributed by atoms with E-state index in [1.54, 1.807) is 0 Å². The van der Waals surface area contributed by atoms with E-state index in [0.717, 1.165) is 22.7 Å². The number of para-hydroxylation sites is 2. The Morgan fingerprint density at radius 3 is 1.70 bits per heavy atom. The van der Waals surface area contributed by atoms with E-state index in [1.165, 1.54) is 77.4 Å². The van der Waals surface area contributed by atoms with Gasteiger partial charge in [0.1, 0.15) is 0 Å². The SMILES string of the molecule is CC1(C)c2ccccc2-c2ccc(N(c3cc(-c4ccccc4)c4c(c3)-c3ccccc3C4(C)C)c3ccc4c5ccccc5n(-c5ccccc5)c4c3)cc21. The van der Waals surface area contributed by atoms with Crippen LogP contribution in [-0.4, -0.2) is 4.57 Å². The summed E-state index contributed by atoms with van der Waals surface area (Å²) in [4.78, 5) is 2.51. The van der Waals surface area contributed by atoms with Crippen LogP contribution in [-0.2, 0) is 10.8 Å². The Bertz CT molecular complexity index is 3020. The van der Waals surface area contributed by atoms with Gasteiger partial charge in [0.2, 0.25) is 0 Å². The molecule has 0 saturated heterocycles. The number of aromatic nitrogens is 1. The maximum Gasteiger partial charge on any atom is 0.0561 e. The Morgan fingerprint density at radius 1 is 0.375 bits per heavy atom. The molecule has 0 amide bonds. The molecular formula is C54H42N2. The van der Waals surface area contributed by atoms with Crippen LogP contribution in [0.3, 0.4) is 0 Å². The number of hydrogen-bond acceptors (Lipinski definition) is 1. The maximum absolute atomic E-state index is 2.51. The van der Waals surface area contributed by atoms with Crippen LogP contribution in [0.5, 0.6) is 0 Å². The molecule has 2 nitrogen and oxygen atoms in total. The van der Waals surface area contributed by atoms with Gasteiger partial charge >= 0.3 is 0 Å². The maximum atomic E-state index is 2.51. The van der Waals surface area contributed by atoms with E-state index in [-0.39, 0.29) is 10.8 Å². The van der Waals surface area contributed by atoms with E-state index in [9.17, 15) is 0 Å². The van der Waals surface area contributed by atoms with Gasteiger partial charge in [0, 0.05) is 44.4 Å². The van der Waals surface area contributed by atoms with E-state index in [0.29, 0.717) is 0 Å². The van der Waals surface area contributed by atoms with Gasteiger partial charge in [0.15, 0.2) is 0 Å². The summed E-state index contributed by atoms with van der Waals surface area (Å²) in [7, 11) is 0. The van der Waals surface area contributed by atoms with Gasteiger partial charge in [-0.25, -0.2) is 0 Å². The minimum Gasteiger partial charge on any atom is -0.310 e. The van der Waals surface area contributed by atoms with Gasteiger partial charge in [-0.15, -0.1) is 0 Å². The second kappa shape index (κ2) is 11.9. The summed E-state index contributed by atoms with van der Waals surface area (Å²) in [6.07, 6.45) is 0. The van der Waals surface area contributed by atoms with Crippen LogP contribution in [0.4, 0.5) is 17.1 Å². The van der Waals surface area contributed by atoms with E-state index in [2.05, 4.69) is 219 Å². The molecule has 1 heterocycles. The van der Waals surface area contributed by atoms with Crippen molar-refractivity contribution in [1.29, 1.82) is 0 Å². The average Bonchev–Trinajstić information content (AvgIpc) is 3.78. The Balaban J connectivity index is 1.22. The Kier molecular flexibility index (Phi) is 6.98. The first-order valence-corrected chi connectivity index (χ1v) is 19.8. The smallest absolute Gasteiger partial charge is 0.0561 e. The third kappa shape index (κ3) is 4.62. The standard InChI is InChI=1S/C54H42N2/c1-53(2)47-24-14-11-21-40(47)42-29-27-37(33-49(42)53)55(38-28-30-44-43-23-13-16-26-50(43)56(51(44)34-38)36-19-9-6-10-20-36)39-31-45(35-17-7-5-8-18-35)52-46(32-39)41-22-12-15-25-48(41)54(52,3)4/h5-34H,1-4H3. The number of anilines is 3. The van der Waals surface area contributed by atoms with Crippen LogP contribution in [0.25, 0.3) is 60.9 Å². The first-order chi connectivity index (χ1) is 27.3. The number of rotatable bonds is 5. The van der Waals surface area contributed by atoms with Crippen LogP contribution in [0.1, 0.15) is 49.9 Å². The summed E-state index contributed by atoms with van der Waals surface area (Å²) in [5.41, 5.74) is 20.0. The highest BCUT2D eigenvalue weighted by atomic mass is 15.1. The zero-order valence-corrected chi connectivity index (χ0v) is 32.2. The molecule has 268 valence electrons. The fraction of sp³-hybridized carbons (Fsp3) is 0.111. The summed E-state index contributed by atoms with van der Waals surface area (Å²) in [5.74, 6) is 0. The number of hydrogen-bond donors (Lipinski definition) is 0. The molecule has 9 aromatic rings. The highest BCUT2D eigenvalue weighted by Gasteiger charge is 2.39. The molecule has 0 spiro atoms. The molecule has 0 fully saturated rings. The van der Waals surface area contributed by atoms with Gasteiger partial charge in [-0.3, -0.25) is 0 Å². The summed E-state index contributed by atoms with van der Waals surface area (Å²) in [6.45, 7) is 9.52. The van der Waals surface area contributed by atoms with Crippen LogP contribution >= 0.6 is 0 Å². The molecule has 2 heteroatoms. The quantitative estimate of drug-likeness (QED) is 0.172. The molecule has 2 aliphatic rings. The summed E-state index contributed by atoms with van der Waals surface area (Å²) < 4.78 is 2.42. The number of nitrogens with zero attached hydrogens (tertiary/aromatic N) is 2. The molecule has 0 atom stereocenters. The topological polar surface area (TPSA) is 8.17 Å². The van der Waals surface area contributed by atoms with Gasteiger partial charge in [-0.1, -0.05) is 155 Å². The summed E-state index contributed by atoms with van der Waals surface area (Å²) in [5, 5.41) is 2.50. The van der Waals surface area contributed by atoms with Crippen molar-refractivity contribution in [2.24, 2.45) is 0 Å². The molecule has 1 aromatic heterocycles. The zero-order chi connectivity index (χ0) is 37.8. The van der Waals surface area contributed by atoms with E-state index < -0.39 is 0 Å². The lowest BCUT2D eigenvalue weighted by atomic mass is 9.78. The van der Waals surface area contributed by atoms with Gasteiger partial charge in [0.25, 0.3) is 0 Å². The molecule has 0 bridgehead atoms. The van der Waals surface area contributed by atoms with E-state index >= 15 is 0 Å². The van der Waals surface area contributed by atoms with Crippen molar-refractivity contribution < 1.29 is 0 Å². The van der Waals surface area contributed by atoms with Crippen LogP contribution in [0, 0.1) is 0 Å². The van der Waals surface area contributed by atoms with Crippen molar-refractivity contribution in [3.63, 3.8) is 0 Å². The number of benzene rings is 8. The number of fused-ring (bicyclic) bond motifs is 9. The largest absolute Gasteiger partial charge is 0.310 e. The zero-order valence-electron chi connectivity index (χ0n) is 32.2. The minimum absolute atomic E-state index is 0.132. The first kappa shape index (κ1) is 32.8. The molecular weight excluding hydrogens is 677 g/mol. The molecule has 0 unspecified atom stereocenters. The predicted octanol–water partition coefficient (Wildman–Crippen LogP) is 14.5.